The van der Waals surface area contributed by atoms with Gasteiger partial charge in [0.1, 0.15) is 19.8 Å². The average molecular weight is 276 g/mol. The fourth-order valence-electron chi connectivity index (χ4n) is 1.99. The van der Waals surface area contributed by atoms with Crippen LogP contribution < -0.4 is 0 Å². The summed E-state index contributed by atoms with van der Waals surface area (Å²) in [5.41, 5.74) is -0.0967. The molecule has 0 heterocycles. The van der Waals surface area contributed by atoms with Crippen LogP contribution >= 0.6 is 0 Å². The Kier molecular flexibility index (Phi) is 9.61. The van der Waals surface area contributed by atoms with Crippen molar-refractivity contribution in [2.75, 3.05) is 33.0 Å². The number of rotatable bonds is 9. The van der Waals surface area contributed by atoms with Crippen molar-refractivity contribution < 1.29 is 14.2 Å². The zero-order chi connectivity index (χ0) is 15.4. The van der Waals surface area contributed by atoms with Gasteiger partial charge in [0.25, 0.3) is 0 Å². The van der Waals surface area contributed by atoms with Gasteiger partial charge in [0.2, 0.25) is 0 Å². The first-order chi connectivity index (χ1) is 9.47. The molecular weight excluding hydrogens is 252 g/mol. The van der Waals surface area contributed by atoms with Gasteiger partial charge in [-0.15, -0.1) is 19.3 Å². The lowest BCUT2D eigenvalue weighted by atomic mass is 9.81. The maximum absolute atomic E-state index is 5.78. The highest BCUT2D eigenvalue weighted by molar-refractivity contribution is 4.89. The van der Waals surface area contributed by atoms with Crippen molar-refractivity contribution in [3.05, 3.63) is 0 Å². The molecule has 0 N–H and O–H groups in total. The maximum atomic E-state index is 5.78. The lowest BCUT2D eigenvalue weighted by molar-refractivity contribution is -0.0851. The first-order valence-electron chi connectivity index (χ1n) is 6.54. The predicted molar refractivity (Wildman–Crippen MR) is 80.8 cm³/mol. The number of hydrogen-bond acceptors (Lipinski definition) is 3. The van der Waals surface area contributed by atoms with E-state index in [4.69, 9.17) is 33.5 Å². The van der Waals surface area contributed by atoms with Crippen LogP contribution in [-0.2, 0) is 14.2 Å². The summed E-state index contributed by atoms with van der Waals surface area (Å²) in [5.74, 6) is 7.39. The Morgan fingerprint density at radius 1 is 0.850 bits per heavy atom. The minimum Gasteiger partial charge on any atom is -0.368 e. The van der Waals surface area contributed by atoms with Crippen molar-refractivity contribution in [1.29, 1.82) is 0 Å². The van der Waals surface area contributed by atoms with E-state index in [1.807, 2.05) is 0 Å². The highest BCUT2D eigenvalue weighted by Gasteiger charge is 2.33. The molecule has 0 aliphatic rings. The van der Waals surface area contributed by atoms with E-state index in [0.29, 0.717) is 13.2 Å². The molecule has 0 radical (unpaired) electrons. The molecule has 0 rings (SSSR count). The quantitative estimate of drug-likeness (QED) is 0.476. The third kappa shape index (κ3) is 7.88. The van der Waals surface area contributed by atoms with Crippen LogP contribution in [0, 0.1) is 48.4 Å². The van der Waals surface area contributed by atoms with Gasteiger partial charge in [-0.1, -0.05) is 38.5 Å². The third-order valence-corrected chi connectivity index (χ3v) is 2.66. The average Bonchev–Trinajstić information content (AvgIpc) is 2.37. The second kappa shape index (κ2) is 10.4. The van der Waals surface area contributed by atoms with Gasteiger partial charge < -0.3 is 14.2 Å². The predicted octanol–water partition coefficient (Wildman–Crippen LogP) is 1.97. The van der Waals surface area contributed by atoms with Crippen LogP contribution in [0.1, 0.15) is 20.8 Å². The molecule has 0 saturated heterocycles. The summed E-state index contributed by atoms with van der Waals surface area (Å²) in [7, 11) is 0. The lowest BCUT2D eigenvalue weighted by Gasteiger charge is -2.36. The zero-order valence-corrected chi connectivity index (χ0v) is 12.6. The fourth-order valence-corrected chi connectivity index (χ4v) is 1.99. The van der Waals surface area contributed by atoms with Crippen LogP contribution in [0.3, 0.4) is 0 Å². The van der Waals surface area contributed by atoms with Crippen molar-refractivity contribution in [2.45, 2.75) is 26.9 Å². The summed E-state index contributed by atoms with van der Waals surface area (Å²) in [6, 6.07) is 0. The minimum absolute atomic E-state index is 0.0186. The largest absolute Gasteiger partial charge is 0.368 e. The van der Waals surface area contributed by atoms with Crippen molar-refractivity contribution >= 4 is 0 Å². The van der Waals surface area contributed by atoms with Gasteiger partial charge in [0, 0.05) is 5.92 Å². The Balaban J connectivity index is 4.75. The van der Waals surface area contributed by atoms with Crippen molar-refractivity contribution in [1.82, 2.24) is 0 Å². The molecule has 0 aromatic heterocycles. The molecule has 3 nitrogen and oxygen atoms in total. The number of hydrogen-bond donors (Lipinski definition) is 0. The van der Waals surface area contributed by atoms with Gasteiger partial charge in [-0.2, -0.15) is 0 Å². The van der Waals surface area contributed by atoms with Gasteiger partial charge >= 0.3 is 0 Å². The molecule has 20 heavy (non-hydrogen) atoms. The molecule has 0 aliphatic heterocycles. The van der Waals surface area contributed by atoms with Crippen molar-refractivity contribution in [2.24, 2.45) is 11.3 Å². The minimum atomic E-state index is -0.103. The smallest absolute Gasteiger partial charge is 0.107 e. The van der Waals surface area contributed by atoms with E-state index in [0.717, 1.165) is 0 Å². The van der Waals surface area contributed by atoms with Crippen LogP contribution in [-0.4, -0.2) is 39.1 Å². The Morgan fingerprint density at radius 3 is 1.65 bits per heavy atom. The highest BCUT2D eigenvalue weighted by Crippen LogP contribution is 2.29. The Morgan fingerprint density at radius 2 is 1.30 bits per heavy atom. The topological polar surface area (TPSA) is 27.7 Å². The Labute approximate surface area is 123 Å². The Hall–Kier alpha value is -1.44. The fraction of sp³-hybridized carbons (Fsp3) is 0.647. The third-order valence-electron chi connectivity index (χ3n) is 2.66. The summed E-state index contributed by atoms with van der Waals surface area (Å²) in [4.78, 5) is 0. The molecule has 110 valence electrons. The SMILES string of the molecule is C#CCOCC(COCC#C)C(OCC#C)C(C)(C)C. The van der Waals surface area contributed by atoms with E-state index in [9.17, 15) is 0 Å². The standard InChI is InChI=1S/C17H24O3/c1-7-10-18-13-15(14-19-11-8-2)16(17(4,5)6)20-12-9-3/h1-3,15-16H,10-14H2,4-6H3. The van der Waals surface area contributed by atoms with Crippen LogP contribution in [0.4, 0.5) is 0 Å². The summed E-state index contributed by atoms with van der Waals surface area (Å²) >= 11 is 0. The summed E-state index contributed by atoms with van der Waals surface area (Å²) < 4.78 is 16.6. The molecule has 0 aromatic rings. The van der Waals surface area contributed by atoms with E-state index in [1.54, 1.807) is 0 Å². The van der Waals surface area contributed by atoms with Gasteiger partial charge in [-0.05, 0) is 5.41 Å². The van der Waals surface area contributed by atoms with Gasteiger partial charge in [0.05, 0.1) is 19.3 Å². The first kappa shape index (κ1) is 18.6. The highest BCUT2D eigenvalue weighted by atomic mass is 16.5. The van der Waals surface area contributed by atoms with Crippen LogP contribution in [0.5, 0.6) is 0 Å². The lowest BCUT2D eigenvalue weighted by Crippen LogP contribution is -2.41. The summed E-state index contributed by atoms with van der Waals surface area (Å²) in [6.45, 7) is 7.93. The maximum Gasteiger partial charge on any atom is 0.107 e. The summed E-state index contributed by atoms with van der Waals surface area (Å²) in [6.07, 6.45) is 15.5. The van der Waals surface area contributed by atoms with Crippen molar-refractivity contribution in [3.8, 4) is 37.0 Å². The van der Waals surface area contributed by atoms with Gasteiger partial charge in [-0.3, -0.25) is 0 Å². The van der Waals surface area contributed by atoms with E-state index < -0.39 is 0 Å². The molecule has 1 unspecified atom stereocenters. The van der Waals surface area contributed by atoms with E-state index in [2.05, 4.69) is 38.5 Å². The molecule has 0 aliphatic carbocycles. The molecule has 0 saturated carbocycles. The molecule has 0 aromatic carbocycles. The molecule has 0 spiro atoms. The molecule has 1 atom stereocenters. The van der Waals surface area contributed by atoms with Crippen LogP contribution in [0.2, 0.25) is 0 Å². The number of ether oxygens (including phenoxy) is 3. The van der Waals surface area contributed by atoms with E-state index >= 15 is 0 Å². The summed E-state index contributed by atoms with van der Waals surface area (Å²) in [5, 5.41) is 0. The second-order valence-corrected chi connectivity index (χ2v) is 5.50. The van der Waals surface area contributed by atoms with E-state index in [-0.39, 0.29) is 37.3 Å². The monoisotopic (exact) mass is 276 g/mol. The van der Waals surface area contributed by atoms with Crippen LogP contribution in [0.25, 0.3) is 0 Å². The first-order valence-corrected chi connectivity index (χ1v) is 6.54. The molecule has 0 bridgehead atoms. The molecule has 0 amide bonds. The van der Waals surface area contributed by atoms with Gasteiger partial charge in [0.15, 0.2) is 0 Å². The van der Waals surface area contributed by atoms with Crippen LogP contribution in [0.15, 0.2) is 0 Å². The van der Waals surface area contributed by atoms with Gasteiger partial charge in [-0.25, -0.2) is 0 Å². The normalized spacial score (nSPS) is 12.4. The van der Waals surface area contributed by atoms with E-state index in [1.165, 1.54) is 0 Å². The second-order valence-electron chi connectivity index (χ2n) is 5.50. The zero-order valence-electron chi connectivity index (χ0n) is 12.6. The molecule has 3 heteroatoms. The molecule has 0 fully saturated rings. The molecular formula is C17H24O3. The van der Waals surface area contributed by atoms with Crippen molar-refractivity contribution in [3.63, 3.8) is 0 Å². The number of terminal acetylenes is 3. The Bertz CT molecular complexity index is 353.